The lowest BCUT2D eigenvalue weighted by atomic mass is 10.3. The van der Waals surface area contributed by atoms with Crippen LogP contribution >= 0.6 is 0 Å². The van der Waals surface area contributed by atoms with Crippen molar-refractivity contribution in [3.8, 4) is 5.88 Å². The van der Waals surface area contributed by atoms with E-state index in [-0.39, 0.29) is 17.0 Å². The molecular weight excluding hydrogens is 158 g/mol. The first-order valence-corrected chi connectivity index (χ1v) is 3.39. The highest BCUT2D eigenvalue weighted by Gasteiger charge is 2.06. The number of nitrogens with zero attached hydrogens (tertiary/aromatic N) is 2. The minimum atomic E-state index is -0.351. The Kier molecular flexibility index (Phi) is 2.23. The van der Waals surface area contributed by atoms with Crippen LogP contribution in [-0.2, 0) is 0 Å². The number of aromatic hydroxyl groups is 1. The summed E-state index contributed by atoms with van der Waals surface area (Å²) in [6.45, 7) is 0. The van der Waals surface area contributed by atoms with E-state index in [4.69, 9.17) is 5.11 Å². The molecule has 0 saturated heterocycles. The van der Waals surface area contributed by atoms with Crippen molar-refractivity contribution in [1.82, 2.24) is 9.97 Å². The second kappa shape index (κ2) is 3.17. The van der Waals surface area contributed by atoms with E-state index < -0.39 is 0 Å². The summed E-state index contributed by atoms with van der Waals surface area (Å²) in [7, 11) is 3.51. The number of hydrogen-bond donors (Lipinski definition) is 2. The Bertz CT molecular complexity index is 363. The van der Waals surface area contributed by atoms with Crippen LogP contribution in [0.2, 0.25) is 0 Å². The van der Waals surface area contributed by atoms with Gasteiger partial charge in [-0.3, -0.25) is 4.79 Å². The molecule has 0 atom stereocenters. The lowest BCUT2D eigenvalue weighted by Crippen LogP contribution is -2.15. The van der Waals surface area contributed by atoms with E-state index in [0.29, 0.717) is 0 Å². The predicted molar refractivity (Wildman–Crippen MR) is 43.8 cm³/mol. The van der Waals surface area contributed by atoms with Crippen molar-refractivity contribution in [3.05, 3.63) is 22.2 Å². The largest absolute Gasteiger partial charge is 0.493 e. The van der Waals surface area contributed by atoms with Gasteiger partial charge in [0.15, 0.2) is 11.8 Å². The number of H-pyrrole nitrogens is 1. The minimum Gasteiger partial charge on any atom is -0.493 e. The number of aromatic nitrogens is 2. The van der Waals surface area contributed by atoms with E-state index in [0.717, 1.165) is 6.33 Å². The molecule has 0 aliphatic heterocycles. The fourth-order valence-corrected chi connectivity index (χ4v) is 0.775. The van der Waals surface area contributed by atoms with E-state index in [9.17, 15) is 4.79 Å². The van der Waals surface area contributed by atoms with Gasteiger partial charge in [0.25, 0.3) is 5.56 Å². The first-order chi connectivity index (χ1) is 5.61. The average molecular weight is 168 g/mol. The first-order valence-electron chi connectivity index (χ1n) is 3.39. The molecule has 0 aliphatic carbocycles. The SMILES string of the molecule is C[N+](C)=Cc1c(O)nc[nH]c1=O. The van der Waals surface area contributed by atoms with Gasteiger partial charge in [0.2, 0.25) is 5.88 Å². The lowest BCUT2D eigenvalue weighted by molar-refractivity contribution is -0.458. The van der Waals surface area contributed by atoms with Crippen molar-refractivity contribution < 1.29 is 9.68 Å². The maximum Gasteiger partial charge on any atom is 0.267 e. The summed E-state index contributed by atoms with van der Waals surface area (Å²) in [5.41, 5.74) is -0.182. The van der Waals surface area contributed by atoms with Crippen molar-refractivity contribution in [2.75, 3.05) is 14.1 Å². The predicted octanol–water partition coefficient (Wildman–Crippen LogP) is -0.834. The molecule has 0 aliphatic rings. The number of hydrogen-bond acceptors (Lipinski definition) is 3. The Morgan fingerprint density at radius 2 is 2.33 bits per heavy atom. The third-order valence-corrected chi connectivity index (χ3v) is 1.26. The molecule has 0 amide bonds. The molecule has 5 nitrogen and oxygen atoms in total. The monoisotopic (exact) mass is 168 g/mol. The summed E-state index contributed by atoms with van der Waals surface area (Å²) < 4.78 is 1.66. The number of nitrogens with one attached hydrogen (secondary N) is 1. The molecule has 2 N–H and O–H groups in total. The Labute approximate surface area is 69.0 Å². The Morgan fingerprint density at radius 3 is 2.83 bits per heavy atom. The van der Waals surface area contributed by atoms with Gasteiger partial charge in [-0.05, 0) is 0 Å². The van der Waals surface area contributed by atoms with Gasteiger partial charge in [-0.2, -0.15) is 0 Å². The lowest BCUT2D eigenvalue weighted by Gasteiger charge is -1.92. The van der Waals surface area contributed by atoms with E-state index in [1.165, 1.54) is 6.21 Å². The normalized spacial score (nSPS) is 9.50. The molecule has 5 heteroatoms. The van der Waals surface area contributed by atoms with Crippen LogP contribution in [0.5, 0.6) is 5.88 Å². The van der Waals surface area contributed by atoms with Crippen LogP contribution in [0.4, 0.5) is 0 Å². The minimum absolute atomic E-state index is 0.169. The molecule has 0 aromatic carbocycles. The van der Waals surface area contributed by atoms with Crippen LogP contribution in [0.25, 0.3) is 0 Å². The third-order valence-electron chi connectivity index (χ3n) is 1.26. The molecule has 12 heavy (non-hydrogen) atoms. The van der Waals surface area contributed by atoms with Crippen LogP contribution in [0.15, 0.2) is 11.1 Å². The van der Waals surface area contributed by atoms with Crippen LogP contribution in [0.1, 0.15) is 5.56 Å². The zero-order valence-electron chi connectivity index (χ0n) is 6.90. The average Bonchev–Trinajstić information content (AvgIpc) is 1.97. The van der Waals surface area contributed by atoms with Crippen LogP contribution in [0, 0.1) is 0 Å². The smallest absolute Gasteiger partial charge is 0.267 e. The highest BCUT2D eigenvalue weighted by Crippen LogP contribution is 2.01. The molecule has 64 valence electrons. The summed E-state index contributed by atoms with van der Waals surface area (Å²) in [5, 5.41) is 9.15. The highest BCUT2D eigenvalue weighted by molar-refractivity contribution is 5.77. The van der Waals surface area contributed by atoms with Crippen molar-refractivity contribution in [1.29, 1.82) is 0 Å². The third kappa shape index (κ3) is 1.69. The molecule has 0 radical (unpaired) electrons. The Hall–Kier alpha value is -1.65. The van der Waals surface area contributed by atoms with Crippen LogP contribution < -0.4 is 5.56 Å². The van der Waals surface area contributed by atoms with E-state index >= 15 is 0 Å². The van der Waals surface area contributed by atoms with Gasteiger partial charge < -0.3 is 10.1 Å². The van der Waals surface area contributed by atoms with Crippen molar-refractivity contribution in [2.45, 2.75) is 0 Å². The molecule has 0 fully saturated rings. The van der Waals surface area contributed by atoms with Crippen molar-refractivity contribution in [2.24, 2.45) is 0 Å². The number of rotatable bonds is 1. The van der Waals surface area contributed by atoms with Gasteiger partial charge in [-0.25, -0.2) is 9.56 Å². The van der Waals surface area contributed by atoms with Crippen LogP contribution in [-0.4, -0.2) is 40.0 Å². The standard InChI is InChI=1S/C7H9N3O2/c1-10(2)3-5-6(11)8-4-9-7(5)12/h3-4H,1-2H3,(H,8,9,11,12)/p+1. The molecule has 0 spiro atoms. The summed E-state index contributed by atoms with van der Waals surface area (Å²) in [6.07, 6.45) is 2.66. The zero-order valence-corrected chi connectivity index (χ0v) is 6.90. The fourth-order valence-electron chi connectivity index (χ4n) is 0.775. The summed E-state index contributed by atoms with van der Waals surface area (Å²) >= 11 is 0. The van der Waals surface area contributed by atoms with Gasteiger partial charge in [0.05, 0.1) is 6.33 Å². The molecule has 1 rings (SSSR count). The molecule has 0 bridgehead atoms. The Balaban J connectivity index is 3.32. The van der Waals surface area contributed by atoms with Crippen LogP contribution in [0.3, 0.4) is 0 Å². The van der Waals surface area contributed by atoms with E-state index in [1.807, 2.05) is 0 Å². The quantitative estimate of drug-likeness (QED) is 0.424. The molecule has 0 unspecified atom stereocenters. The van der Waals surface area contributed by atoms with Gasteiger partial charge in [-0.1, -0.05) is 0 Å². The molecule has 1 aromatic rings. The summed E-state index contributed by atoms with van der Waals surface area (Å²) in [6, 6.07) is 0. The molecular formula is C7H10N3O2+. The summed E-state index contributed by atoms with van der Waals surface area (Å²) in [5.74, 6) is -0.257. The Morgan fingerprint density at radius 1 is 1.67 bits per heavy atom. The van der Waals surface area contributed by atoms with E-state index in [2.05, 4.69) is 9.97 Å². The van der Waals surface area contributed by atoms with Gasteiger partial charge in [-0.15, -0.1) is 0 Å². The topological polar surface area (TPSA) is 69.0 Å². The molecule has 1 aromatic heterocycles. The fraction of sp³-hybridized carbons (Fsp3) is 0.286. The second-order valence-corrected chi connectivity index (χ2v) is 2.56. The van der Waals surface area contributed by atoms with Gasteiger partial charge in [0, 0.05) is 0 Å². The van der Waals surface area contributed by atoms with Gasteiger partial charge in [0.1, 0.15) is 14.1 Å². The summed E-state index contributed by atoms with van der Waals surface area (Å²) in [4.78, 5) is 17.0. The second-order valence-electron chi connectivity index (χ2n) is 2.56. The maximum atomic E-state index is 11.1. The van der Waals surface area contributed by atoms with Gasteiger partial charge >= 0.3 is 0 Å². The van der Waals surface area contributed by atoms with Crippen molar-refractivity contribution >= 4 is 6.21 Å². The highest BCUT2D eigenvalue weighted by atomic mass is 16.3. The maximum absolute atomic E-state index is 11.1. The zero-order chi connectivity index (χ0) is 9.14. The van der Waals surface area contributed by atoms with Crippen molar-refractivity contribution in [3.63, 3.8) is 0 Å². The molecule has 1 heterocycles. The first kappa shape index (κ1) is 8.45. The van der Waals surface area contributed by atoms with E-state index in [1.54, 1.807) is 18.7 Å². The number of aromatic amines is 1. The molecule has 0 saturated carbocycles.